The van der Waals surface area contributed by atoms with Gasteiger partial charge in [0.05, 0.1) is 4.90 Å². The van der Waals surface area contributed by atoms with E-state index in [0.717, 1.165) is 4.47 Å². The van der Waals surface area contributed by atoms with Crippen LogP contribution in [-0.4, -0.2) is 32.4 Å². The van der Waals surface area contributed by atoms with Crippen molar-refractivity contribution >= 4 is 43.6 Å². The number of carbonyl (C=O) groups is 2. The van der Waals surface area contributed by atoms with Crippen molar-refractivity contribution in [3.05, 3.63) is 77.0 Å². The number of urea groups is 1. The Bertz CT molecular complexity index is 1200. The average molecular weight is 505 g/mol. The Morgan fingerprint density at radius 1 is 0.968 bits per heavy atom. The van der Waals surface area contributed by atoms with Crippen LogP contribution < -0.4 is 20.1 Å². The van der Waals surface area contributed by atoms with Crippen molar-refractivity contribution in [1.29, 1.82) is 0 Å². The second-order valence-corrected chi connectivity index (χ2v) is 8.69. The molecule has 0 aliphatic heterocycles. The number of pyridine rings is 1. The number of benzene rings is 2. The molecule has 3 N–H and O–H groups in total. The minimum absolute atomic E-state index is 0.0388. The zero-order chi connectivity index (χ0) is 22.4. The normalized spacial score (nSPS) is 10.8. The Morgan fingerprint density at radius 2 is 1.65 bits per heavy atom. The molecule has 0 unspecified atom stereocenters. The lowest BCUT2D eigenvalue weighted by Crippen LogP contribution is -2.34. The summed E-state index contributed by atoms with van der Waals surface area (Å²) in [7, 11) is -2.50. The molecule has 0 spiro atoms. The summed E-state index contributed by atoms with van der Waals surface area (Å²) >= 11 is 3.22. The molecule has 3 amide bonds. The zero-order valence-corrected chi connectivity index (χ0v) is 18.5. The molecule has 0 aliphatic carbocycles. The third kappa shape index (κ3) is 6.03. The monoisotopic (exact) mass is 504 g/mol. The Hall–Kier alpha value is -3.44. The van der Waals surface area contributed by atoms with Gasteiger partial charge in [-0.25, -0.2) is 17.9 Å². The highest BCUT2D eigenvalue weighted by Crippen LogP contribution is 2.23. The summed E-state index contributed by atoms with van der Waals surface area (Å²) < 4.78 is 32.9. The second kappa shape index (κ2) is 9.58. The maximum atomic E-state index is 12.3. The fourth-order valence-corrected chi connectivity index (χ4v) is 3.59. The van der Waals surface area contributed by atoms with Crippen LogP contribution >= 0.6 is 15.9 Å². The molecular formula is C20H17BrN4O5S. The first-order chi connectivity index (χ1) is 14.8. The lowest BCUT2D eigenvalue weighted by molar-refractivity contribution is 0.0957. The van der Waals surface area contributed by atoms with Crippen molar-refractivity contribution < 1.29 is 22.7 Å². The molecule has 0 bridgehead atoms. The summed E-state index contributed by atoms with van der Waals surface area (Å²) in [5.74, 6) is 0.518. The van der Waals surface area contributed by atoms with Crippen LogP contribution in [0.4, 0.5) is 10.5 Å². The molecule has 0 atom stereocenters. The number of hydrogen-bond acceptors (Lipinski definition) is 6. The van der Waals surface area contributed by atoms with Gasteiger partial charge in [0, 0.05) is 29.5 Å². The molecule has 9 nitrogen and oxygen atoms in total. The first kappa shape index (κ1) is 22.2. The van der Waals surface area contributed by atoms with Crippen LogP contribution in [-0.2, 0) is 10.0 Å². The lowest BCUT2D eigenvalue weighted by Gasteiger charge is -2.10. The van der Waals surface area contributed by atoms with E-state index in [-0.39, 0.29) is 16.5 Å². The highest BCUT2D eigenvalue weighted by atomic mass is 79.9. The number of carbonyl (C=O) groups excluding carboxylic acids is 2. The van der Waals surface area contributed by atoms with Gasteiger partial charge in [-0.15, -0.1) is 0 Å². The van der Waals surface area contributed by atoms with E-state index in [1.807, 2.05) is 4.72 Å². The van der Waals surface area contributed by atoms with Gasteiger partial charge in [0.2, 0.25) is 0 Å². The molecule has 0 saturated carbocycles. The van der Waals surface area contributed by atoms with E-state index in [9.17, 15) is 18.0 Å². The summed E-state index contributed by atoms with van der Waals surface area (Å²) in [6.07, 6.45) is 1.45. The van der Waals surface area contributed by atoms with E-state index in [1.54, 1.807) is 42.5 Å². The van der Waals surface area contributed by atoms with Crippen molar-refractivity contribution in [3.63, 3.8) is 0 Å². The van der Waals surface area contributed by atoms with Gasteiger partial charge in [-0.3, -0.25) is 9.78 Å². The molecule has 1 heterocycles. The van der Waals surface area contributed by atoms with Gasteiger partial charge in [0.15, 0.2) is 0 Å². The maximum Gasteiger partial charge on any atom is 0.333 e. The SMILES string of the molecule is CNC(=O)c1cc(Oc2ccc(NC(=O)NS(=O)(=O)c3ccc(Br)cc3)cc2)ccn1. The maximum absolute atomic E-state index is 12.3. The van der Waals surface area contributed by atoms with Gasteiger partial charge >= 0.3 is 6.03 Å². The molecule has 31 heavy (non-hydrogen) atoms. The lowest BCUT2D eigenvalue weighted by atomic mass is 10.3. The van der Waals surface area contributed by atoms with E-state index in [4.69, 9.17) is 4.74 Å². The van der Waals surface area contributed by atoms with Crippen molar-refractivity contribution in [2.75, 3.05) is 12.4 Å². The predicted molar refractivity (Wildman–Crippen MR) is 118 cm³/mol. The summed E-state index contributed by atoms with van der Waals surface area (Å²) in [6.45, 7) is 0. The molecule has 0 radical (unpaired) electrons. The number of nitrogens with one attached hydrogen (secondary N) is 3. The zero-order valence-electron chi connectivity index (χ0n) is 16.1. The van der Waals surface area contributed by atoms with Crippen LogP contribution in [0.3, 0.4) is 0 Å². The largest absolute Gasteiger partial charge is 0.457 e. The van der Waals surface area contributed by atoms with Crippen molar-refractivity contribution in [3.8, 4) is 11.5 Å². The topological polar surface area (TPSA) is 126 Å². The molecule has 0 aliphatic rings. The number of rotatable bonds is 6. The molecule has 3 rings (SSSR count). The third-order valence-electron chi connectivity index (χ3n) is 3.89. The molecule has 2 aromatic carbocycles. The fraction of sp³-hybridized carbons (Fsp3) is 0.0500. The van der Waals surface area contributed by atoms with Gasteiger partial charge in [-0.1, -0.05) is 15.9 Å². The molecule has 1 aromatic heterocycles. The number of nitrogens with zero attached hydrogens (tertiary/aromatic N) is 1. The molecule has 0 saturated heterocycles. The third-order valence-corrected chi connectivity index (χ3v) is 5.77. The quantitative estimate of drug-likeness (QED) is 0.471. The van der Waals surface area contributed by atoms with E-state index in [2.05, 4.69) is 31.5 Å². The van der Waals surface area contributed by atoms with Gasteiger partial charge < -0.3 is 15.4 Å². The van der Waals surface area contributed by atoms with Gasteiger partial charge in [0.1, 0.15) is 17.2 Å². The Morgan fingerprint density at radius 3 is 2.29 bits per heavy atom. The molecule has 11 heteroatoms. The first-order valence-corrected chi connectivity index (χ1v) is 11.1. The minimum atomic E-state index is -4.00. The highest BCUT2D eigenvalue weighted by Gasteiger charge is 2.17. The standard InChI is InChI=1S/C20H17BrN4O5S/c1-22-19(26)18-12-16(10-11-23-18)30-15-6-4-14(5-7-15)24-20(27)25-31(28,29)17-8-2-13(21)3-9-17/h2-12H,1H3,(H,22,26)(H2,24,25,27). The van der Waals surface area contributed by atoms with Crippen molar-refractivity contribution in [2.24, 2.45) is 0 Å². The molecule has 0 fully saturated rings. The highest BCUT2D eigenvalue weighted by molar-refractivity contribution is 9.10. The van der Waals surface area contributed by atoms with Crippen LogP contribution in [0.5, 0.6) is 11.5 Å². The molecule has 3 aromatic rings. The fourth-order valence-electron chi connectivity index (χ4n) is 2.42. The van der Waals surface area contributed by atoms with E-state index in [0.29, 0.717) is 17.2 Å². The van der Waals surface area contributed by atoms with Crippen molar-refractivity contribution in [2.45, 2.75) is 4.90 Å². The van der Waals surface area contributed by atoms with Crippen LogP contribution in [0.15, 0.2) is 76.2 Å². The first-order valence-electron chi connectivity index (χ1n) is 8.82. The second-order valence-electron chi connectivity index (χ2n) is 6.10. The number of amides is 3. The summed E-state index contributed by atoms with van der Waals surface area (Å²) in [4.78, 5) is 27.7. The van der Waals surface area contributed by atoms with E-state index in [1.165, 1.54) is 31.4 Å². The summed E-state index contributed by atoms with van der Waals surface area (Å²) in [6, 6.07) is 14.3. The van der Waals surface area contributed by atoms with E-state index < -0.39 is 16.1 Å². The number of aromatic nitrogens is 1. The van der Waals surface area contributed by atoms with Crippen LogP contribution in [0.25, 0.3) is 0 Å². The number of halogens is 1. The smallest absolute Gasteiger partial charge is 0.333 e. The van der Waals surface area contributed by atoms with Crippen molar-refractivity contribution in [1.82, 2.24) is 15.0 Å². The number of anilines is 1. The van der Waals surface area contributed by atoms with E-state index >= 15 is 0 Å². The molecule has 160 valence electrons. The Balaban J connectivity index is 1.62. The summed E-state index contributed by atoms with van der Waals surface area (Å²) in [5.41, 5.74) is 0.568. The minimum Gasteiger partial charge on any atom is -0.457 e. The number of hydrogen-bond donors (Lipinski definition) is 3. The number of sulfonamides is 1. The predicted octanol–water partition coefficient (Wildman–Crippen LogP) is 3.51. The summed E-state index contributed by atoms with van der Waals surface area (Å²) in [5, 5.41) is 4.92. The van der Waals surface area contributed by atoms with Crippen LogP contribution in [0, 0.1) is 0 Å². The van der Waals surface area contributed by atoms with Gasteiger partial charge in [0.25, 0.3) is 15.9 Å². The van der Waals surface area contributed by atoms with Crippen LogP contribution in [0.2, 0.25) is 0 Å². The Labute approximate surface area is 187 Å². The molecular weight excluding hydrogens is 488 g/mol. The Kier molecular flexibility index (Phi) is 6.88. The van der Waals surface area contributed by atoms with Gasteiger partial charge in [-0.2, -0.15) is 0 Å². The average Bonchev–Trinajstić information content (AvgIpc) is 2.74. The van der Waals surface area contributed by atoms with Gasteiger partial charge in [-0.05, 0) is 54.6 Å². The van der Waals surface area contributed by atoms with Crippen LogP contribution in [0.1, 0.15) is 10.5 Å². The number of ether oxygens (including phenoxy) is 1.